The summed E-state index contributed by atoms with van der Waals surface area (Å²) < 4.78 is 5.66. The molecule has 0 spiro atoms. The summed E-state index contributed by atoms with van der Waals surface area (Å²) in [4.78, 5) is 18.3. The highest BCUT2D eigenvalue weighted by Gasteiger charge is 2.11. The highest BCUT2D eigenvalue weighted by Crippen LogP contribution is 2.19. The first kappa shape index (κ1) is 19.0. The number of aromatic amines is 1. The fourth-order valence-corrected chi connectivity index (χ4v) is 3.22. The minimum Gasteiger partial charge on any atom is -0.494 e. The van der Waals surface area contributed by atoms with E-state index < -0.39 is 0 Å². The second-order valence-electron chi connectivity index (χ2n) is 6.02. The third kappa shape index (κ3) is 5.86. The number of carbonyl (C=O) groups is 1. The normalized spacial score (nSPS) is 10.6. The number of nitrogens with zero attached hydrogens (tertiary/aromatic N) is 3. The van der Waals surface area contributed by atoms with Gasteiger partial charge in [0.25, 0.3) is 5.91 Å². The fraction of sp³-hybridized carbons (Fsp3) is 0.250. The van der Waals surface area contributed by atoms with Crippen LogP contribution in [-0.4, -0.2) is 46.2 Å². The maximum Gasteiger partial charge on any atom is 0.253 e. The Labute approximate surface area is 163 Å². The summed E-state index contributed by atoms with van der Waals surface area (Å²) in [6, 6.07) is 17.4. The van der Waals surface area contributed by atoms with Crippen LogP contribution in [0, 0.1) is 0 Å². The average Bonchev–Trinajstić information content (AvgIpc) is 3.24. The van der Waals surface area contributed by atoms with Gasteiger partial charge in [0.05, 0.1) is 6.61 Å². The lowest BCUT2D eigenvalue weighted by Gasteiger charge is -2.17. The molecule has 27 heavy (non-hydrogen) atoms. The molecule has 7 heteroatoms. The Morgan fingerprint density at radius 2 is 1.93 bits per heavy atom. The first-order valence-electron chi connectivity index (χ1n) is 8.73. The minimum absolute atomic E-state index is 0.0177. The molecule has 2 aromatic carbocycles. The van der Waals surface area contributed by atoms with Crippen molar-refractivity contribution in [2.75, 3.05) is 20.2 Å². The maximum atomic E-state index is 12.5. The van der Waals surface area contributed by atoms with Crippen LogP contribution in [-0.2, 0) is 5.75 Å². The van der Waals surface area contributed by atoms with E-state index in [0.717, 1.165) is 28.6 Å². The topological polar surface area (TPSA) is 71.1 Å². The van der Waals surface area contributed by atoms with Gasteiger partial charge in [0, 0.05) is 24.9 Å². The van der Waals surface area contributed by atoms with Gasteiger partial charge in [-0.25, -0.2) is 4.98 Å². The van der Waals surface area contributed by atoms with Gasteiger partial charge in [-0.2, -0.15) is 5.10 Å². The Morgan fingerprint density at radius 1 is 1.15 bits per heavy atom. The van der Waals surface area contributed by atoms with Crippen molar-refractivity contribution in [1.82, 2.24) is 20.1 Å². The van der Waals surface area contributed by atoms with E-state index in [2.05, 4.69) is 15.2 Å². The third-order valence-electron chi connectivity index (χ3n) is 3.97. The van der Waals surface area contributed by atoms with Gasteiger partial charge in [-0.3, -0.25) is 9.89 Å². The molecule has 0 aliphatic heterocycles. The van der Waals surface area contributed by atoms with Gasteiger partial charge >= 0.3 is 0 Å². The van der Waals surface area contributed by atoms with Gasteiger partial charge in [0.15, 0.2) is 5.16 Å². The van der Waals surface area contributed by atoms with E-state index in [1.165, 1.54) is 6.33 Å². The van der Waals surface area contributed by atoms with Crippen LogP contribution in [0.5, 0.6) is 5.75 Å². The van der Waals surface area contributed by atoms with Crippen molar-refractivity contribution in [3.8, 4) is 5.75 Å². The Morgan fingerprint density at radius 3 is 2.63 bits per heavy atom. The number of H-pyrrole nitrogens is 1. The number of amides is 1. The summed E-state index contributed by atoms with van der Waals surface area (Å²) in [6.45, 7) is 1.23. The van der Waals surface area contributed by atoms with E-state index >= 15 is 0 Å². The maximum absolute atomic E-state index is 12.5. The van der Waals surface area contributed by atoms with Crippen molar-refractivity contribution in [2.24, 2.45) is 0 Å². The van der Waals surface area contributed by atoms with Crippen LogP contribution in [0.2, 0.25) is 0 Å². The lowest BCUT2D eigenvalue weighted by molar-refractivity contribution is 0.0788. The van der Waals surface area contributed by atoms with Gasteiger partial charge in [-0.05, 0) is 36.2 Å². The van der Waals surface area contributed by atoms with Crippen molar-refractivity contribution in [3.63, 3.8) is 0 Å². The van der Waals surface area contributed by atoms with Crippen molar-refractivity contribution in [1.29, 1.82) is 0 Å². The SMILES string of the molecule is CN(CCCOc1ccccc1)C(=O)c1ccc(CSc2ncn[nH]2)cc1. The molecule has 140 valence electrons. The second kappa shape index (κ2) is 9.78. The largest absolute Gasteiger partial charge is 0.494 e. The molecule has 0 saturated heterocycles. The van der Waals surface area contributed by atoms with Crippen LogP contribution in [0.4, 0.5) is 0 Å². The Kier molecular flexibility index (Phi) is 6.87. The van der Waals surface area contributed by atoms with E-state index in [1.54, 1.807) is 16.7 Å². The number of para-hydroxylation sites is 1. The molecule has 0 unspecified atom stereocenters. The van der Waals surface area contributed by atoms with Gasteiger partial charge in [0.2, 0.25) is 0 Å². The number of thioether (sulfide) groups is 1. The highest BCUT2D eigenvalue weighted by molar-refractivity contribution is 7.98. The Bertz CT molecular complexity index is 823. The van der Waals surface area contributed by atoms with Crippen molar-refractivity contribution in [3.05, 3.63) is 72.1 Å². The number of hydrogen-bond acceptors (Lipinski definition) is 5. The lowest BCUT2D eigenvalue weighted by Crippen LogP contribution is -2.28. The van der Waals surface area contributed by atoms with Gasteiger partial charge in [-0.15, -0.1) is 0 Å². The second-order valence-corrected chi connectivity index (χ2v) is 6.98. The predicted molar refractivity (Wildman–Crippen MR) is 106 cm³/mol. The number of benzene rings is 2. The molecule has 3 aromatic rings. The monoisotopic (exact) mass is 382 g/mol. The summed E-state index contributed by atoms with van der Waals surface area (Å²) in [7, 11) is 1.82. The van der Waals surface area contributed by atoms with Crippen LogP contribution in [0.15, 0.2) is 66.1 Å². The average molecular weight is 382 g/mol. The van der Waals surface area contributed by atoms with Crippen molar-refractivity contribution < 1.29 is 9.53 Å². The zero-order valence-electron chi connectivity index (χ0n) is 15.2. The van der Waals surface area contributed by atoms with E-state index in [0.29, 0.717) is 18.7 Å². The molecule has 0 bridgehead atoms. The van der Waals surface area contributed by atoms with Gasteiger partial charge in [-0.1, -0.05) is 42.1 Å². The quantitative estimate of drug-likeness (QED) is 0.452. The molecule has 1 heterocycles. The van der Waals surface area contributed by atoms with E-state index in [9.17, 15) is 4.79 Å². The number of rotatable bonds is 9. The molecule has 0 atom stereocenters. The molecule has 0 aliphatic carbocycles. The molecular formula is C20H22N4O2S. The lowest BCUT2D eigenvalue weighted by atomic mass is 10.1. The minimum atomic E-state index is 0.0177. The van der Waals surface area contributed by atoms with Crippen LogP contribution < -0.4 is 4.74 Å². The molecule has 6 nitrogen and oxygen atoms in total. The Balaban J connectivity index is 1.42. The molecular weight excluding hydrogens is 360 g/mol. The van der Waals surface area contributed by atoms with Crippen molar-refractivity contribution in [2.45, 2.75) is 17.3 Å². The van der Waals surface area contributed by atoms with Gasteiger partial charge < -0.3 is 9.64 Å². The number of aromatic nitrogens is 3. The number of carbonyl (C=O) groups excluding carboxylic acids is 1. The van der Waals surface area contributed by atoms with E-state index in [4.69, 9.17) is 4.74 Å². The Hall–Kier alpha value is -2.80. The molecule has 0 radical (unpaired) electrons. The first-order valence-corrected chi connectivity index (χ1v) is 9.71. The number of hydrogen-bond donors (Lipinski definition) is 1. The number of ether oxygens (including phenoxy) is 1. The van der Waals surface area contributed by atoms with E-state index in [-0.39, 0.29) is 5.91 Å². The molecule has 0 fully saturated rings. The zero-order chi connectivity index (χ0) is 18.9. The molecule has 1 aromatic heterocycles. The van der Waals surface area contributed by atoms with Crippen LogP contribution >= 0.6 is 11.8 Å². The summed E-state index contributed by atoms with van der Waals surface area (Å²) >= 11 is 1.57. The van der Waals surface area contributed by atoms with Gasteiger partial charge in [0.1, 0.15) is 12.1 Å². The van der Waals surface area contributed by atoms with Crippen molar-refractivity contribution >= 4 is 17.7 Å². The summed E-state index contributed by atoms with van der Waals surface area (Å²) in [5.41, 5.74) is 1.82. The van der Waals surface area contributed by atoms with Crippen LogP contribution in [0.1, 0.15) is 22.3 Å². The molecule has 0 aliphatic rings. The van der Waals surface area contributed by atoms with Crippen LogP contribution in [0.3, 0.4) is 0 Å². The fourth-order valence-electron chi connectivity index (χ4n) is 2.49. The molecule has 3 rings (SSSR count). The summed E-state index contributed by atoms with van der Waals surface area (Å²) in [6.07, 6.45) is 2.27. The highest BCUT2D eigenvalue weighted by atomic mass is 32.2. The smallest absolute Gasteiger partial charge is 0.253 e. The zero-order valence-corrected chi connectivity index (χ0v) is 16.0. The molecule has 0 saturated carbocycles. The molecule has 1 amide bonds. The van der Waals surface area contributed by atoms with Crippen LogP contribution in [0.25, 0.3) is 0 Å². The predicted octanol–water partition coefficient (Wildman–Crippen LogP) is 3.64. The molecule has 1 N–H and O–H groups in total. The summed E-state index contributed by atoms with van der Waals surface area (Å²) in [5, 5.41) is 7.43. The third-order valence-corrected chi connectivity index (χ3v) is 4.91. The summed E-state index contributed by atoms with van der Waals surface area (Å²) in [5.74, 6) is 1.64. The number of nitrogens with one attached hydrogen (secondary N) is 1. The standard InChI is InChI=1S/C20H22N4O2S/c1-24(12-5-13-26-18-6-3-2-4-7-18)19(25)17-10-8-16(9-11-17)14-27-20-21-15-22-23-20/h2-4,6-11,15H,5,12-14H2,1H3,(H,21,22,23). The first-order chi connectivity index (χ1) is 13.2. The van der Waals surface area contributed by atoms with E-state index in [1.807, 2.05) is 61.6 Å².